The van der Waals surface area contributed by atoms with Gasteiger partial charge in [-0.1, -0.05) is 41.6 Å². The number of nitrogens with one attached hydrogen (secondary N) is 1. The highest BCUT2D eigenvalue weighted by atomic mass is 19.1. The van der Waals surface area contributed by atoms with Gasteiger partial charge in [0.2, 0.25) is 11.8 Å². The number of para-hydroxylation sites is 1. The molecule has 0 aliphatic carbocycles. The van der Waals surface area contributed by atoms with E-state index < -0.39 is 23.7 Å². The molecule has 0 radical (unpaired) electrons. The predicted molar refractivity (Wildman–Crippen MR) is 142 cm³/mol. The maximum Gasteiger partial charge on any atom is 0.249 e. The van der Waals surface area contributed by atoms with Crippen LogP contribution in [0, 0.1) is 19.7 Å². The number of fused-ring (bicyclic) bond motifs is 1. The number of hydrogen-bond acceptors (Lipinski definition) is 5. The number of aromatic nitrogens is 3. The fourth-order valence-electron chi connectivity index (χ4n) is 4.76. The van der Waals surface area contributed by atoms with Crippen molar-refractivity contribution in [1.29, 1.82) is 0 Å². The molecule has 2 amide bonds. The molecular formula is C29H30FN5O3. The van der Waals surface area contributed by atoms with Crippen molar-refractivity contribution >= 4 is 28.5 Å². The standard InChI is InChI=1S/C29H30FN5O3/c1-19-13-14-21(16-20(19)2)35(27(36)18-34-26-12-6-5-11-25(26)32-33-34)28(23-9-3-4-10-24(23)30)29(37)31-17-22-8-7-15-38-22/h3-6,9-14,16,22,28H,7-8,15,17-18H2,1-2H3,(H,31,37)/t22-,28+/m1/s1. The molecule has 196 valence electrons. The van der Waals surface area contributed by atoms with E-state index >= 15 is 4.39 Å². The van der Waals surface area contributed by atoms with Crippen molar-refractivity contribution in [3.05, 3.63) is 89.2 Å². The molecule has 0 saturated carbocycles. The second-order valence-corrected chi connectivity index (χ2v) is 9.57. The van der Waals surface area contributed by atoms with Gasteiger partial charge in [0.1, 0.15) is 23.9 Å². The summed E-state index contributed by atoms with van der Waals surface area (Å²) >= 11 is 0. The largest absolute Gasteiger partial charge is 0.376 e. The number of carbonyl (C=O) groups excluding carboxylic acids is 2. The quantitative estimate of drug-likeness (QED) is 0.379. The number of hydrogen-bond donors (Lipinski definition) is 1. The lowest BCUT2D eigenvalue weighted by molar-refractivity contribution is -0.127. The van der Waals surface area contributed by atoms with E-state index in [1.54, 1.807) is 18.2 Å². The topological polar surface area (TPSA) is 89.4 Å². The molecule has 1 aromatic heterocycles. The van der Waals surface area contributed by atoms with Crippen molar-refractivity contribution in [2.75, 3.05) is 18.1 Å². The predicted octanol–water partition coefficient (Wildman–Crippen LogP) is 4.26. The monoisotopic (exact) mass is 515 g/mol. The Morgan fingerprint density at radius 3 is 2.66 bits per heavy atom. The highest BCUT2D eigenvalue weighted by Gasteiger charge is 2.35. The van der Waals surface area contributed by atoms with Gasteiger partial charge in [0.25, 0.3) is 0 Å². The molecular weight excluding hydrogens is 485 g/mol. The van der Waals surface area contributed by atoms with Gasteiger partial charge >= 0.3 is 0 Å². The second kappa shape index (κ2) is 11.1. The summed E-state index contributed by atoms with van der Waals surface area (Å²) in [5, 5.41) is 11.2. The number of benzene rings is 3. The molecule has 0 bridgehead atoms. The van der Waals surface area contributed by atoms with Crippen molar-refractivity contribution in [2.24, 2.45) is 0 Å². The molecule has 8 nitrogen and oxygen atoms in total. The number of amides is 2. The van der Waals surface area contributed by atoms with Crippen molar-refractivity contribution in [2.45, 2.75) is 45.4 Å². The van der Waals surface area contributed by atoms with Crippen LogP contribution in [0.5, 0.6) is 0 Å². The van der Waals surface area contributed by atoms with Gasteiger partial charge < -0.3 is 10.1 Å². The van der Waals surface area contributed by atoms with E-state index in [2.05, 4.69) is 15.6 Å². The minimum Gasteiger partial charge on any atom is -0.376 e. The number of ether oxygens (including phenoxy) is 1. The maximum absolute atomic E-state index is 15.2. The molecule has 0 spiro atoms. The smallest absolute Gasteiger partial charge is 0.249 e. The van der Waals surface area contributed by atoms with Gasteiger partial charge in [-0.25, -0.2) is 9.07 Å². The molecule has 2 heterocycles. The van der Waals surface area contributed by atoms with Crippen LogP contribution in [0.3, 0.4) is 0 Å². The average Bonchev–Trinajstić information content (AvgIpc) is 3.58. The molecule has 3 aromatic carbocycles. The Kier molecular flexibility index (Phi) is 7.46. The van der Waals surface area contributed by atoms with E-state index in [0.29, 0.717) is 23.3 Å². The maximum atomic E-state index is 15.2. The molecule has 1 aliphatic heterocycles. The van der Waals surface area contributed by atoms with E-state index in [1.807, 2.05) is 50.2 Å². The lowest BCUT2D eigenvalue weighted by atomic mass is 10.0. The van der Waals surface area contributed by atoms with Gasteiger partial charge in [0, 0.05) is 24.4 Å². The third kappa shape index (κ3) is 5.28. The van der Waals surface area contributed by atoms with Gasteiger partial charge in [-0.05, 0) is 68.1 Å². The van der Waals surface area contributed by atoms with E-state index in [4.69, 9.17) is 4.74 Å². The van der Waals surface area contributed by atoms with Crippen molar-refractivity contribution < 1.29 is 18.7 Å². The fourth-order valence-corrected chi connectivity index (χ4v) is 4.76. The fraction of sp³-hybridized carbons (Fsp3) is 0.310. The van der Waals surface area contributed by atoms with Crippen molar-refractivity contribution in [1.82, 2.24) is 20.3 Å². The molecule has 1 N–H and O–H groups in total. The minimum atomic E-state index is -1.25. The van der Waals surface area contributed by atoms with Crippen LogP contribution >= 0.6 is 0 Å². The Labute approximate surface area is 220 Å². The van der Waals surface area contributed by atoms with E-state index in [9.17, 15) is 9.59 Å². The first-order chi connectivity index (χ1) is 18.4. The van der Waals surface area contributed by atoms with Gasteiger partial charge in [-0.15, -0.1) is 5.10 Å². The molecule has 38 heavy (non-hydrogen) atoms. The zero-order chi connectivity index (χ0) is 26.6. The second-order valence-electron chi connectivity index (χ2n) is 9.57. The van der Waals surface area contributed by atoms with Crippen LogP contribution in [0.1, 0.15) is 35.6 Å². The Morgan fingerprint density at radius 1 is 1.11 bits per heavy atom. The van der Waals surface area contributed by atoms with Crippen LogP contribution in [-0.2, 0) is 20.9 Å². The third-order valence-corrected chi connectivity index (χ3v) is 6.98. The number of carbonyl (C=O) groups is 2. The van der Waals surface area contributed by atoms with Crippen molar-refractivity contribution in [3.63, 3.8) is 0 Å². The summed E-state index contributed by atoms with van der Waals surface area (Å²) in [4.78, 5) is 29.2. The average molecular weight is 516 g/mol. The van der Waals surface area contributed by atoms with Gasteiger partial charge in [0.05, 0.1) is 11.6 Å². The normalized spacial score (nSPS) is 15.9. The first kappa shape index (κ1) is 25.5. The number of halogens is 1. The molecule has 2 atom stereocenters. The SMILES string of the molecule is Cc1ccc(N(C(=O)Cn2nnc3ccccc32)[C@H](C(=O)NC[C@H]2CCCO2)c2ccccc2F)cc1C. The molecule has 0 unspecified atom stereocenters. The van der Waals surface area contributed by atoms with Gasteiger partial charge in [0.15, 0.2) is 0 Å². The summed E-state index contributed by atoms with van der Waals surface area (Å²) in [5.74, 6) is -1.48. The summed E-state index contributed by atoms with van der Waals surface area (Å²) < 4.78 is 22.4. The Hall–Kier alpha value is -4.11. The van der Waals surface area contributed by atoms with Gasteiger partial charge in [-0.3, -0.25) is 14.5 Å². The third-order valence-electron chi connectivity index (χ3n) is 6.98. The minimum absolute atomic E-state index is 0.104. The first-order valence-corrected chi connectivity index (χ1v) is 12.7. The Balaban J connectivity index is 1.57. The van der Waals surface area contributed by atoms with E-state index in [0.717, 1.165) is 24.0 Å². The van der Waals surface area contributed by atoms with Crippen LogP contribution in [0.2, 0.25) is 0 Å². The summed E-state index contributed by atoms with van der Waals surface area (Å²) in [7, 11) is 0. The Bertz CT molecular complexity index is 1460. The molecule has 1 aliphatic rings. The van der Waals surface area contributed by atoms with Crippen LogP contribution in [-0.4, -0.2) is 46.1 Å². The van der Waals surface area contributed by atoms with E-state index in [-0.39, 0.29) is 24.8 Å². The zero-order valence-corrected chi connectivity index (χ0v) is 21.4. The molecule has 9 heteroatoms. The summed E-state index contributed by atoms with van der Waals surface area (Å²) in [6.07, 6.45) is 1.66. The number of nitrogens with zero attached hydrogens (tertiary/aromatic N) is 4. The molecule has 4 aromatic rings. The number of rotatable bonds is 8. The number of anilines is 1. The van der Waals surface area contributed by atoms with Crippen LogP contribution in [0.15, 0.2) is 66.7 Å². The van der Waals surface area contributed by atoms with Crippen LogP contribution in [0.4, 0.5) is 10.1 Å². The zero-order valence-electron chi connectivity index (χ0n) is 21.4. The number of aryl methyl sites for hydroxylation is 2. The van der Waals surface area contributed by atoms with Crippen LogP contribution < -0.4 is 10.2 Å². The highest BCUT2D eigenvalue weighted by Crippen LogP contribution is 2.31. The molecule has 5 rings (SSSR count). The first-order valence-electron chi connectivity index (χ1n) is 12.7. The van der Waals surface area contributed by atoms with Crippen molar-refractivity contribution in [3.8, 4) is 0 Å². The van der Waals surface area contributed by atoms with E-state index in [1.165, 1.54) is 21.7 Å². The highest BCUT2D eigenvalue weighted by molar-refractivity contribution is 6.01. The summed E-state index contributed by atoms with van der Waals surface area (Å²) in [5.41, 5.74) is 3.91. The van der Waals surface area contributed by atoms with Crippen LogP contribution in [0.25, 0.3) is 11.0 Å². The lowest BCUT2D eigenvalue weighted by Gasteiger charge is -2.32. The Morgan fingerprint density at radius 2 is 1.89 bits per heavy atom. The summed E-state index contributed by atoms with van der Waals surface area (Å²) in [6.45, 7) is 4.65. The van der Waals surface area contributed by atoms with Gasteiger partial charge in [-0.2, -0.15) is 0 Å². The summed E-state index contributed by atoms with van der Waals surface area (Å²) in [6, 6.07) is 17.6. The molecule has 1 saturated heterocycles. The lowest BCUT2D eigenvalue weighted by Crippen LogP contribution is -2.47. The molecule has 1 fully saturated rings.